The molecule has 2 aromatic heterocycles. The second-order valence-electron chi connectivity index (χ2n) is 4.39. The molecule has 20 heavy (non-hydrogen) atoms. The lowest BCUT2D eigenvalue weighted by atomic mass is 10.1. The summed E-state index contributed by atoms with van der Waals surface area (Å²) in [6.45, 7) is 0.677. The van der Waals surface area contributed by atoms with Crippen molar-refractivity contribution in [2.24, 2.45) is 0 Å². The predicted molar refractivity (Wildman–Crippen MR) is 76.6 cm³/mol. The summed E-state index contributed by atoms with van der Waals surface area (Å²) in [6, 6.07) is 10.0. The first-order chi connectivity index (χ1) is 9.70. The van der Waals surface area contributed by atoms with Crippen molar-refractivity contribution in [2.45, 2.75) is 6.42 Å². The molecular weight excluding hydrogens is 279 g/mol. The van der Waals surface area contributed by atoms with Gasteiger partial charge in [-0.05, 0) is 36.2 Å². The van der Waals surface area contributed by atoms with E-state index in [2.05, 4.69) is 15.4 Å². The number of nitrogens with one attached hydrogen (secondary N) is 1. The molecule has 0 saturated carbocycles. The van der Waals surface area contributed by atoms with Gasteiger partial charge in [0, 0.05) is 12.7 Å². The van der Waals surface area contributed by atoms with Crippen LogP contribution in [0, 0.1) is 5.82 Å². The highest BCUT2D eigenvalue weighted by atomic mass is 35.5. The van der Waals surface area contributed by atoms with Gasteiger partial charge in [-0.1, -0.05) is 23.7 Å². The van der Waals surface area contributed by atoms with Gasteiger partial charge in [0.05, 0.1) is 5.02 Å². The Morgan fingerprint density at radius 1 is 1.15 bits per heavy atom. The Hall–Kier alpha value is -2.14. The normalized spacial score (nSPS) is 10.9. The zero-order valence-electron chi connectivity index (χ0n) is 10.6. The van der Waals surface area contributed by atoms with Gasteiger partial charge in [-0.2, -0.15) is 4.98 Å². The van der Waals surface area contributed by atoms with E-state index in [4.69, 9.17) is 11.6 Å². The molecule has 3 aromatic rings. The van der Waals surface area contributed by atoms with E-state index in [9.17, 15) is 4.39 Å². The predicted octanol–water partition coefficient (Wildman–Crippen LogP) is 3.18. The van der Waals surface area contributed by atoms with E-state index in [-0.39, 0.29) is 5.82 Å². The number of hydrogen-bond donors (Lipinski definition) is 1. The first-order valence-electron chi connectivity index (χ1n) is 6.21. The monoisotopic (exact) mass is 290 g/mol. The first-order valence-corrected chi connectivity index (χ1v) is 6.59. The summed E-state index contributed by atoms with van der Waals surface area (Å²) in [4.78, 5) is 4.32. The van der Waals surface area contributed by atoms with E-state index < -0.39 is 0 Å². The van der Waals surface area contributed by atoms with Gasteiger partial charge in [-0.3, -0.25) is 0 Å². The number of fused-ring (bicyclic) bond motifs is 1. The second-order valence-corrected chi connectivity index (χ2v) is 4.83. The molecule has 102 valence electrons. The van der Waals surface area contributed by atoms with E-state index in [1.807, 2.05) is 0 Å². The van der Waals surface area contributed by atoms with Crippen molar-refractivity contribution in [3.63, 3.8) is 0 Å². The van der Waals surface area contributed by atoms with Gasteiger partial charge in [-0.25, -0.2) is 8.91 Å². The molecule has 0 fully saturated rings. The van der Waals surface area contributed by atoms with Gasteiger partial charge in [0.1, 0.15) is 5.82 Å². The number of hydrogen-bond acceptors (Lipinski definition) is 3. The summed E-state index contributed by atoms with van der Waals surface area (Å²) in [5.41, 5.74) is 1.80. The molecule has 2 heterocycles. The fourth-order valence-corrected chi connectivity index (χ4v) is 2.06. The van der Waals surface area contributed by atoms with Crippen molar-refractivity contribution in [1.29, 1.82) is 0 Å². The molecule has 0 radical (unpaired) electrons. The minimum Gasteiger partial charge on any atom is -0.353 e. The van der Waals surface area contributed by atoms with Gasteiger partial charge < -0.3 is 5.32 Å². The summed E-state index contributed by atoms with van der Waals surface area (Å²) in [6.07, 6.45) is 2.48. The van der Waals surface area contributed by atoms with Crippen LogP contribution in [0.3, 0.4) is 0 Å². The number of nitrogens with zero attached hydrogens (tertiary/aromatic N) is 3. The molecule has 0 aliphatic carbocycles. The molecule has 0 aliphatic rings. The van der Waals surface area contributed by atoms with Gasteiger partial charge >= 0.3 is 0 Å². The van der Waals surface area contributed by atoms with Gasteiger partial charge in [0.25, 0.3) is 0 Å². The van der Waals surface area contributed by atoms with Gasteiger partial charge in [0.2, 0.25) is 5.95 Å². The van der Waals surface area contributed by atoms with Crippen molar-refractivity contribution in [2.75, 3.05) is 11.9 Å². The fourth-order valence-electron chi connectivity index (χ4n) is 1.90. The molecule has 0 bridgehead atoms. The van der Waals surface area contributed by atoms with Gasteiger partial charge in [0.15, 0.2) is 5.65 Å². The minimum absolute atomic E-state index is 0.222. The Bertz CT molecular complexity index is 724. The van der Waals surface area contributed by atoms with Crippen LogP contribution < -0.4 is 5.32 Å². The van der Waals surface area contributed by atoms with Crippen LogP contribution in [0.1, 0.15) is 5.56 Å². The summed E-state index contributed by atoms with van der Waals surface area (Å²) in [5.74, 6) is 0.329. The minimum atomic E-state index is -0.222. The van der Waals surface area contributed by atoms with E-state index in [1.165, 1.54) is 12.1 Å². The van der Waals surface area contributed by atoms with Crippen LogP contribution in [0.5, 0.6) is 0 Å². The average Bonchev–Trinajstić information content (AvgIpc) is 2.83. The molecule has 6 heteroatoms. The molecule has 0 spiro atoms. The maximum atomic E-state index is 12.8. The smallest absolute Gasteiger partial charge is 0.243 e. The third-order valence-electron chi connectivity index (χ3n) is 2.90. The topological polar surface area (TPSA) is 42.2 Å². The molecule has 0 unspecified atom stereocenters. The van der Waals surface area contributed by atoms with Crippen LogP contribution in [0.15, 0.2) is 42.6 Å². The Balaban J connectivity index is 1.63. The second kappa shape index (κ2) is 5.46. The highest BCUT2D eigenvalue weighted by Crippen LogP contribution is 2.11. The van der Waals surface area contributed by atoms with Crippen LogP contribution in [0.4, 0.5) is 10.3 Å². The number of pyridine rings is 1. The Morgan fingerprint density at radius 3 is 2.75 bits per heavy atom. The number of benzene rings is 1. The number of aromatic nitrogens is 3. The third kappa shape index (κ3) is 2.88. The third-order valence-corrected chi connectivity index (χ3v) is 3.13. The van der Waals surface area contributed by atoms with Gasteiger partial charge in [-0.15, -0.1) is 5.10 Å². The van der Waals surface area contributed by atoms with E-state index in [0.717, 1.165) is 17.6 Å². The van der Waals surface area contributed by atoms with Crippen molar-refractivity contribution < 1.29 is 4.39 Å². The standard InChI is InChI=1S/C14H12ClFN4/c15-11-3-6-13-18-14(19-20(13)9-11)17-8-7-10-1-4-12(16)5-2-10/h1-6,9H,7-8H2,(H,17,19). The lowest BCUT2D eigenvalue weighted by Crippen LogP contribution is -2.06. The summed E-state index contributed by atoms with van der Waals surface area (Å²) in [5, 5.41) is 8.02. The number of anilines is 1. The molecule has 0 aliphatic heterocycles. The highest BCUT2D eigenvalue weighted by Gasteiger charge is 2.03. The molecule has 4 nitrogen and oxygen atoms in total. The lowest BCUT2D eigenvalue weighted by molar-refractivity contribution is 0.627. The maximum absolute atomic E-state index is 12.8. The molecule has 0 saturated heterocycles. The zero-order chi connectivity index (χ0) is 13.9. The van der Waals surface area contributed by atoms with Crippen LogP contribution in [-0.2, 0) is 6.42 Å². The Morgan fingerprint density at radius 2 is 1.95 bits per heavy atom. The van der Waals surface area contributed by atoms with Crippen LogP contribution >= 0.6 is 11.6 Å². The van der Waals surface area contributed by atoms with Crippen LogP contribution in [0.2, 0.25) is 5.02 Å². The van der Waals surface area contributed by atoms with Crippen molar-refractivity contribution in [1.82, 2.24) is 14.6 Å². The summed E-state index contributed by atoms with van der Waals surface area (Å²) >= 11 is 5.89. The van der Waals surface area contributed by atoms with Crippen LogP contribution in [-0.4, -0.2) is 21.1 Å². The van der Waals surface area contributed by atoms with E-state index in [1.54, 1.807) is 35.0 Å². The number of rotatable bonds is 4. The largest absolute Gasteiger partial charge is 0.353 e. The molecular formula is C14H12ClFN4. The molecule has 1 aromatic carbocycles. The first kappa shape index (κ1) is 12.9. The summed E-state index contributed by atoms with van der Waals surface area (Å²) < 4.78 is 14.4. The molecule has 3 rings (SSSR count). The lowest BCUT2D eigenvalue weighted by Gasteiger charge is -2.02. The number of halogens is 2. The van der Waals surface area contributed by atoms with E-state index in [0.29, 0.717) is 17.5 Å². The average molecular weight is 291 g/mol. The van der Waals surface area contributed by atoms with E-state index >= 15 is 0 Å². The maximum Gasteiger partial charge on any atom is 0.243 e. The fraction of sp³-hybridized carbons (Fsp3) is 0.143. The summed E-state index contributed by atoms with van der Waals surface area (Å²) in [7, 11) is 0. The van der Waals surface area contributed by atoms with Crippen molar-refractivity contribution in [3.05, 3.63) is 59.0 Å². The Labute approximate surface area is 120 Å². The quantitative estimate of drug-likeness (QED) is 0.802. The Kier molecular flexibility index (Phi) is 3.52. The van der Waals surface area contributed by atoms with Crippen molar-refractivity contribution in [3.8, 4) is 0 Å². The SMILES string of the molecule is Fc1ccc(CCNc2nc3ccc(Cl)cn3n2)cc1. The van der Waals surface area contributed by atoms with Crippen LogP contribution in [0.25, 0.3) is 5.65 Å². The van der Waals surface area contributed by atoms with Crippen molar-refractivity contribution >= 4 is 23.2 Å². The molecule has 1 N–H and O–H groups in total. The molecule has 0 atom stereocenters. The zero-order valence-corrected chi connectivity index (χ0v) is 11.3. The highest BCUT2D eigenvalue weighted by molar-refractivity contribution is 6.30. The molecule has 0 amide bonds.